The van der Waals surface area contributed by atoms with Crippen LogP contribution in [0.25, 0.3) is 0 Å². The molecule has 0 spiro atoms. The molecular weight excluding hydrogens is 302 g/mol. The first-order valence-corrected chi connectivity index (χ1v) is 7.34. The molecule has 0 aliphatic rings. The number of anilines is 1. The van der Waals surface area contributed by atoms with Crippen molar-refractivity contribution in [3.8, 4) is 11.8 Å². The van der Waals surface area contributed by atoms with E-state index in [2.05, 4.69) is 24.5 Å². The first-order chi connectivity index (χ1) is 10.5. The van der Waals surface area contributed by atoms with Gasteiger partial charge in [0, 0.05) is 18.4 Å². The molecule has 0 aliphatic carbocycles. The average molecular weight is 322 g/mol. The number of nitrogens with one attached hydrogen (secondary N) is 2. The molecule has 0 heterocycles. The molecule has 1 amide bonds. The van der Waals surface area contributed by atoms with Crippen LogP contribution in [0.3, 0.4) is 0 Å². The highest BCUT2D eigenvalue weighted by Crippen LogP contribution is 2.27. The number of rotatable bonds is 7. The Labute approximate surface area is 135 Å². The van der Waals surface area contributed by atoms with Gasteiger partial charge in [-0.1, -0.05) is 25.4 Å². The maximum absolute atomic E-state index is 12.0. The molecule has 6 heteroatoms. The van der Waals surface area contributed by atoms with Gasteiger partial charge in [-0.15, -0.1) is 0 Å². The van der Waals surface area contributed by atoms with Crippen LogP contribution in [-0.2, 0) is 4.79 Å². The first kappa shape index (κ1) is 17.9. The van der Waals surface area contributed by atoms with Crippen molar-refractivity contribution in [3.63, 3.8) is 0 Å². The largest absolute Gasteiger partial charge is 0.495 e. The van der Waals surface area contributed by atoms with Gasteiger partial charge in [0.1, 0.15) is 17.4 Å². The summed E-state index contributed by atoms with van der Waals surface area (Å²) < 4.78 is 5.04. The van der Waals surface area contributed by atoms with Crippen LogP contribution in [0.5, 0.6) is 5.75 Å². The summed E-state index contributed by atoms with van der Waals surface area (Å²) in [5.74, 6) is 0.591. The lowest BCUT2D eigenvalue weighted by Gasteiger charge is -2.08. The Hall–Kier alpha value is -2.19. The molecule has 5 nitrogen and oxygen atoms in total. The number of hydrogen-bond acceptors (Lipinski definition) is 4. The van der Waals surface area contributed by atoms with Crippen LogP contribution in [0.2, 0.25) is 5.02 Å². The van der Waals surface area contributed by atoms with E-state index < -0.39 is 5.91 Å². The lowest BCUT2D eigenvalue weighted by atomic mass is 10.1. The number of carbonyl (C=O) groups is 1. The monoisotopic (exact) mass is 321 g/mol. The molecule has 0 unspecified atom stereocenters. The topological polar surface area (TPSA) is 74.1 Å². The Bertz CT molecular complexity index is 592. The van der Waals surface area contributed by atoms with Gasteiger partial charge in [0.05, 0.1) is 12.1 Å². The number of amides is 1. The van der Waals surface area contributed by atoms with Gasteiger partial charge in [-0.05, 0) is 30.5 Å². The molecular formula is C16H20ClN3O2. The van der Waals surface area contributed by atoms with Crippen molar-refractivity contribution < 1.29 is 9.53 Å². The molecule has 1 rings (SSSR count). The van der Waals surface area contributed by atoms with Crippen LogP contribution in [-0.4, -0.2) is 19.6 Å². The van der Waals surface area contributed by atoms with E-state index in [9.17, 15) is 4.79 Å². The predicted molar refractivity (Wildman–Crippen MR) is 87.8 cm³/mol. The number of carbonyl (C=O) groups excluding carboxylic acids is 1. The van der Waals surface area contributed by atoms with E-state index >= 15 is 0 Å². The fourth-order valence-corrected chi connectivity index (χ4v) is 1.90. The Balaban J connectivity index is 2.67. The number of nitriles is 1. The Morgan fingerprint density at radius 2 is 2.23 bits per heavy atom. The third-order valence-corrected chi connectivity index (χ3v) is 3.18. The van der Waals surface area contributed by atoms with E-state index in [1.807, 2.05) is 6.07 Å². The first-order valence-electron chi connectivity index (χ1n) is 6.96. The maximum Gasteiger partial charge on any atom is 0.267 e. The minimum atomic E-state index is -0.485. The summed E-state index contributed by atoms with van der Waals surface area (Å²) in [6.45, 7) is 4.93. The third-order valence-electron chi connectivity index (χ3n) is 2.89. The third kappa shape index (κ3) is 5.66. The summed E-state index contributed by atoms with van der Waals surface area (Å²) in [6.07, 6.45) is 2.40. The lowest BCUT2D eigenvalue weighted by molar-refractivity contribution is -0.112. The smallest absolute Gasteiger partial charge is 0.267 e. The number of benzene rings is 1. The van der Waals surface area contributed by atoms with Crippen LogP contribution in [0.1, 0.15) is 20.3 Å². The van der Waals surface area contributed by atoms with Crippen molar-refractivity contribution in [3.05, 3.63) is 35.0 Å². The second kappa shape index (κ2) is 8.96. The fraction of sp³-hybridized carbons (Fsp3) is 0.375. The molecule has 1 aromatic rings. The number of methoxy groups -OCH3 is 1. The van der Waals surface area contributed by atoms with Crippen LogP contribution < -0.4 is 15.4 Å². The van der Waals surface area contributed by atoms with Crippen molar-refractivity contribution in [2.75, 3.05) is 19.0 Å². The minimum Gasteiger partial charge on any atom is -0.495 e. The van der Waals surface area contributed by atoms with E-state index in [0.717, 1.165) is 6.42 Å². The van der Waals surface area contributed by atoms with Gasteiger partial charge in [0.2, 0.25) is 0 Å². The predicted octanol–water partition coefficient (Wildman–Crippen LogP) is 3.33. The Morgan fingerprint density at radius 3 is 2.77 bits per heavy atom. The van der Waals surface area contributed by atoms with Gasteiger partial charge in [0.25, 0.3) is 5.91 Å². The zero-order valence-electron chi connectivity index (χ0n) is 12.9. The van der Waals surface area contributed by atoms with Crippen molar-refractivity contribution in [2.24, 2.45) is 5.92 Å². The number of nitrogens with zero attached hydrogens (tertiary/aromatic N) is 1. The molecule has 0 atom stereocenters. The van der Waals surface area contributed by atoms with Gasteiger partial charge in [-0.3, -0.25) is 4.79 Å². The molecule has 0 saturated carbocycles. The zero-order chi connectivity index (χ0) is 16.5. The molecule has 2 N–H and O–H groups in total. The standard InChI is InChI=1S/C16H20ClN3O2/c1-11(2)6-7-19-10-12(9-18)16(21)20-13-4-5-15(22-3)14(17)8-13/h4-5,8,10-11,19H,6-7H2,1-3H3,(H,20,21)/b12-10-. The van der Waals surface area contributed by atoms with E-state index in [4.69, 9.17) is 21.6 Å². The minimum absolute atomic E-state index is 0.00990. The molecule has 0 fully saturated rings. The fourth-order valence-electron chi connectivity index (χ4n) is 1.64. The van der Waals surface area contributed by atoms with E-state index in [1.54, 1.807) is 18.2 Å². The van der Waals surface area contributed by atoms with Crippen molar-refractivity contribution >= 4 is 23.2 Å². The van der Waals surface area contributed by atoms with Gasteiger partial charge >= 0.3 is 0 Å². The molecule has 22 heavy (non-hydrogen) atoms. The summed E-state index contributed by atoms with van der Waals surface area (Å²) in [5, 5.41) is 15.0. The van der Waals surface area contributed by atoms with Crippen molar-refractivity contribution in [2.45, 2.75) is 20.3 Å². The highest BCUT2D eigenvalue weighted by molar-refractivity contribution is 6.32. The van der Waals surface area contributed by atoms with E-state index in [-0.39, 0.29) is 5.57 Å². The summed E-state index contributed by atoms with van der Waals surface area (Å²) in [4.78, 5) is 12.0. The highest BCUT2D eigenvalue weighted by Gasteiger charge is 2.10. The average Bonchev–Trinajstić information content (AvgIpc) is 2.47. The van der Waals surface area contributed by atoms with Gasteiger partial charge < -0.3 is 15.4 Å². The van der Waals surface area contributed by atoms with Crippen LogP contribution in [0, 0.1) is 17.2 Å². The molecule has 0 saturated heterocycles. The number of hydrogen-bond donors (Lipinski definition) is 2. The molecule has 1 aromatic carbocycles. The Morgan fingerprint density at radius 1 is 1.50 bits per heavy atom. The van der Waals surface area contributed by atoms with Crippen molar-refractivity contribution in [1.29, 1.82) is 5.26 Å². The molecule has 0 aromatic heterocycles. The SMILES string of the molecule is COc1ccc(NC(=O)/C(C#N)=C\NCCC(C)C)cc1Cl. The maximum atomic E-state index is 12.0. The second-order valence-corrected chi connectivity index (χ2v) is 5.52. The quantitative estimate of drug-likeness (QED) is 0.459. The normalized spacial score (nSPS) is 11.0. The number of halogens is 1. The van der Waals surface area contributed by atoms with E-state index in [1.165, 1.54) is 13.3 Å². The van der Waals surface area contributed by atoms with Gasteiger partial charge in [0.15, 0.2) is 0 Å². The van der Waals surface area contributed by atoms with E-state index in [0.29, 0.717) is 28.9 Å². The highest BCUT2D eigenvalue weighted by atomic mass is 35.5. The summed E-state index contributed by atoms with van der Waals surface area (Å²) in [5.41, 5.74) is 0.509. The summed E-state index contributed by atoms with van der Waals surface area (Å²) in [7, 11) is 1.51. The zero-order valence-corrected chi connectivity index (χ0v) is 13.7. The second-order valence-electron chi connectivity index (χ2n) is 5.11. The summed E-state index contributed by atoms with van der Waals surface area (Å²) in [6, 6.07) is 6.75. The lowest BCUT2D eigenvalue weighted by Crippen LogP contribution is -2.17. The van der Waals surface area contributed by atoms with Crippen LogP contribution in [0.15, 0.2) is 30.0 Å². The van der Waals surface area contributed by atoms with Crippen LogP contribution >= 0.6 is 11.6 Å². The van der Waals surface area contributed by atoms with Gasteiger partial charge in [-0.2, -0.15) is 5.26 Å². The Kier molecular flexibility index (Phi) is 7.27. The summed E-state index contributed by atoms with van der Waals surface area (Å²) >= 11 is 5.99. The van der Waals surface area contributed by atoms with Gasteiger partial charge in [-0.25, -0.2) is 0 Å². The number of ether oxygens (including phenoxy) is 1. The molecule has 0 bridgehead atoms. The van der Waals surface area contributed by atoms with Crippen molar-refractivity contribution in [1.82, 2.24) is 5.32 Å². The molecule has 0 radical (unpaired) electrons. The molecule has 0 aliphatic heterocycles. The van der Waals surface area contributed by atoms with Crippen LogP contribution in [0.4, 0.5) is 5.69 Å². The molecule has 118 valence electrons.